The van der Waals surface area contributed by atoms with E-state index in [1.54, 1.807) is 0 Å². The van der Waals surface area contributed by atoms with Crippen molar-refractivity contribution in [2.24, 2.45) is 5.41 Å². The first-order valence-corrected chi connectivity index (χ1v) is 6.53. The van der Waals surface area contributed by atoms with Crippen LogP contribution in [-0.2, 0) is 9.59 Å². The maximum Gasteiger partial charge on any atom is 0.225 e. The first-order chi connectivity index (χ1) is 8.89. The third kappa shape index (κ3) is 6.04. The lowest BCUT2D eigenvalue weighted by molar-refractivity contribution is -0.128. The van der Waals surface area contributed by atoms with E-state index in [9.17, 15) is 9.59 Å². The Labute approximate surface area is 114 Å². The van der Waals surface area contributed by atoms with Crippen molar-refractivity contribution in [3.63, 3.8) is 0 Å². The second-order valence-electron chi connectivity index (χ2n) is 5.52. The molecule has 0 bridgehead atoms. The van der Waals surface area contributed by atoms with E-state index in [0.717, 1.165) is 5.69 Å². The molecule has 0 saturated carbocycles. The smallest absolute Gasteiger partial charge is 0.225 e. The monoisotopic (exact) mass is 262 g/mol. The van der Waals surface area contributed by atoms with E-state index >= 15 is 0 Å². The summed E-state index contributed by atoms with van der Waals surface area (Å²) in [6, 6.07) is 9.34. The average Bonchev–Trinajstić information content (AvgIpc) is 2.34. The van der Waals surface area contributed by atoms with Gasteiger partial charge >= 0.3 is 0 Å². The van der Waals surface area contributed by atoms with E-state index in [1.165, 1.54) is 0 Å². The summed E-state index contributed by atoms with van der Waals surface area (Å²) >= 11 is 0. The third-order valence-electron chi connectivity index (χ3n) is 2.60. The Balaban J connectivity index is 2.20. The topological polar surface area (TPSA) is 58.2 Å². The molecule has 104 valence electrons. The van der Waals surface area contributed by atoms with Gasteiger partial charge in [0.05, 0.1) is 0 Å². The van der Waals surface area contributed by atoms with Gasteiger partial charge in [-0.1, -0.05) is 39.0 Å². The third-order valence-corrected chi connectivity index (χ3v) is 2.60. The Kier molecular flexibility index (Phi) is 5.55. The predicted octanol–water partition coefficient (Wildman–Crippen LogP) is 2.57. The van der Waals surface area contributed by atoms with Gasteiger partial charge in [0.15, 0.2) is 0 Å². The van der Waals surface area contributed by atoms with Crippen LogP contribution < -0.4 is 10.6 Å². The molecule has 0 heterocycles. The predicted molar refractivity (Wildman–Crippen MR) is 76.8 cm³/mol. The summed E-state index contributed by atoms with van der Waals surface area (Å²) in [4.78, 5) is 23.2. The summed E-state index contributed by atoms with van der Waals surface area (Å²) in [5.41, 5.74) is 0.415. The molecule has 2 N–H and O–H groups in total. The van der Waals surface area contributed by atoms with Crippen molar-refractivity contribution in [1.82, 2.24) is 5.32 Å². The number of nitrogens with one attached hydrogen (secondary N) is 2. The van der Waals surface area contributed by atoms with Crippen molar-refractivity contribution >= 4 is 17.5 Å². The normalized spacial score (nSPS) is 10.9. The molecule has 0 aromatic heterocycles. The minimum atomic E-state index is -0.383. The van der Waals surface area contributed by atoms with Crippen molar-refractivity contribution in [3.05, 3.63) is 30.3 Å². The first kappa shape index (κ1) is 15.2. The zero-order chi connectivity index (χ0) is 14.3. The van der Waals surface area contributed by atoms with Gasteiger partial charge in [-0.15, -0.1) is 0 Å². The molecule has 0 aliphatic rings. The molecule has 1 rings (SSSR count). The molecule has 1 aromatic carbocycles. The number of carbonyl (C=O) groups excluding carboxylic acids is 2. The maximum atomic E-state index is 11.6. The average molecular weight is 262 g/mol. The van der Waals surface area contributed by atoms with Crippen molar-refractivity contribution < 1.29 is 9.59 Å². The van der Waals surface area contributed by atoms with Crippen LogP contribution in [0.15, 0.2) is 30.3 Å². The first-order valence-electron chi connectivity index (χ1n) is 6.53. The van der Waals surface area contributed by atoms with Gasteiger partial charge in [0.25, 0.3) is 0 Å². The highest BCUT2D eigenvalue weighted by Gasteiger charge is 2.20. The highest BCUT2D eigenvalue weighted by molar-refractivity contribution is 5.90. The Morgan fingerprint density at radius 2 is 1.74 bits per heavy atom. The molecule has 0 unspecified atom stereocenters. The molecule has 0 saturated heterocycles. The van der Waals surface area contributed by atoms with E-state index < -0.39 is 0 Å². The molecule has 0 atom stereocenters. The van der Waals surface area contributed by atoms with E-state index in [2.05, 4.69) is 10.6 Å². The molecular weight excluding hydrogens is 240 g/mol. The van der Waals surface area contributed by atoms with Crippen LogP contribution in [0.25, 0.3) is 0 Å². The number of para-hydroxylation sites is 1. The number of amides is 2. The Bertz CT molecular complexity index is 422. The van der Waals surface area contributed by atoms with E-state index in [0.29, 0.717) is 19.4 Å². The lowest BCUT2D eigenvalue weighted by Gasteiger charge is -2.17. The van der Waals surface area contributed by atoms with Crippen molar-refractivity contribution in [2.75, 3.05) is 11.9 Å². The zero-order valence-corrected chi connectivity index (χ0v) is 11.8. The van der Waals surface area contributed by atoms with E-state index in [-0.39, 0.29) is 17.2 Å². The van der Waals surface area contributed by atoms with Crippen LogP contribution in [0.2, 0.25) is 0 Å². The lowest BCUT2D eigenvalue weighted by atomic mass is 9.96. The van der Waals surface area contributed by atoms with Crippen LogP contribution in [0, 0.1) is 5.41 Å². The summed E-state index contributed by atoms with van der Waals surface area (Å²) in [7, 11) is 0. The van der Waals surface area contributed by atoms with E-state index in [1.807, 2.05) is 51.1 Å². The zero-order valence-electron chi connectivity index (χ0n) is 11.8. The number of anilines is 1. The van der Waals surface area contributed by atoms with Crippen LogP contribution >= 0.6 is 0 Å². The van der Waals surface area contributed by atoms with Gasteiger partial charge in [0, 0.05) is 24.1 Å². The fourth-order valence-corrected chi connectivity index (χ4v) is 1.46. The molecule has 4 nitrogen and oxygen atoms in total. The van der Waals surface area contributed by atoms with Crippen LogP contribution in [0.5, 0.6) is 0 Å². The molecular formula is C15H22N2O2. The molecule has 2 amide bonds. The Morgan fingerprint density at radius 3 is 2.32 bits per heavy atom. The molecule has 0 radical (unpaired) electrons. The number of benzene rings is 1. The molecule has 19 heavy (non-hydrogen) atoms. The van der Waals surface area contributed by atoms with Gasteiger partial charge in [-0.2, -0.15) is 0 Å². The largest absolute Gasteiger partial charge is 0.356 e. The van der Waals surface area contributed by atoms with Crippen LogP contribution in [0.3, 0.4) is 0 Å². The number of rotatable bonds is 5. The van der Waals surface area contributed by atoms with Gasteiger partial charge in [-0.3, -0.25) is 9.59 Å². The van der Waals surface area contributed by atoms with Gasteiger partial charge < -0.3 is 10.6 Å². The van der Waals surface area contributed by atoms with Crippen LogP contribution in [0.1, 0.15) is 33.6 Å². The molecule has 0 spiro atoms. The number of hydrogen-bond acceptors (Lipinski definition) is 2. The molecule has 0 fully saturated rings. The van der Waals surface area contributed by atoms with Crippen molar-refractivity contribution in [2.45, 2.75) is 33.6 Å². The molecule has 0 aliphatic heterocycles. The number of carbonyl (C=O) groups is 2. The maximum absolute atomic E-state index is 11.6. The summed E-state index contributed by atoms with van der Waals surface area (Å²) in [5, 5.41) is 5.63. The standard InChI is InChI=1S/C15H22N2O2/c1-15(2,3)14(19)16-11-7-10-13(18)17-12-8-5-4-6-9-12/h4-6,8-9H,7,10-11H2,1-3H3,(H,16,19)(H,17,18). The minimum absolute atomic E-state index is 0.0102. The summed E-state index contributed by atoms with van der Waals surface area (Å²) in [6.45, 7) is 6.12. The quantitative estimate of drug-likeness (QED) is 0.801. The van der Waals surface area contributed by atoms with Gasteiger partial charge in [0.1, 0.15) is 0 Å². The second kappa shape index (κ2) is 6.92. The molecule has 1 aromatic rings. The fourth-order valence-electron chi connectivity index (χ4n) is 1.46. The SMILES string of the molecule is CC(C)(C)C(=O)NCCCC(=O)Nc1ccccc1. The van der Waals surface area contributed by atoms with Gasteiger partial charge in [-0.25, -0.2) is 0 Å². The van der Waals surface area contributed by atoms with E-state index in [4.69, 9.17) is 0 Å². The highest BCUT2D eigenvalue weighted by atomic mass is 16.2. The fraction of sp³-hybridized carbons (Fsp3) is 0.467. The van der Waals surface area contributed by atoms with Crippen LogP contribution in [0.4, 0.5) is 5.69 Å². The lowest BCUT2D eigenvalue weighted by Crippen LogP contribution is -2.35. The van der Waals surface area contributed by atoms with Gasteiger partial charge in [0.2, 0.25) is 11.8 Å². The summed E-state index contributed by atoms with van der Waals surface area (Å²) in [6.07, 6.45) is 1.04. The minimum Gasteiger partial charge on any atom is -0.356 e. The van der Waals surface area contributed by atoms with Crippen LogP contribution in [-0.4, -0.2) is 18.4 Å². The van der Waals surface area contributed by atoms with Gasteiger partial charge in [-0.05, 0) is 18.6 Å². The number of hydrogen-bond donors (Lipinski definition) is 2. The highest BCUT2D eigenvalue weighted by Crippen LogP contribution is 2.12. The Hall–Kier alpha value is -1.84. The van der Waals surface area contributed by atoms with Crippen molar-refractivity contribution in [1.29, 1.82) is 0 Å². The summed E-state index contributed by atoms with van der Waals surface area (Å²) in [5.74, 6) is -0.0211. The molecule has 4 heteroatoms. The summed E-state index contributed by atoms with van der Waals surface area (Å²) < 4.78 is 0. The Morgan fingerprint density at radius 1 is 1.11 bits per heavy atom. The second-order valence-corrected chi connectivity index (χ2v) is 5.52. The van der Waals surface area contributed by atoms with Crippen molar-refractivity contribution in [3.8, 4) is 0 Å². The molecule has 0 aliphatic carbocycles.